The molecular weight excluding hydrogens is 314 g/mol. The molecule has 1 N–H and O–H groups in total. The van der Waals surface area contributed by atoms with Gasteiger partial charge in [-0.05, 0) is 50.7 Å². The molecule has 0 bridgehead atoms. The molecular formula is C17H21NO4S. The Morgan fingerprint density at radius 2 is 2.22 bits per heavy atom. The summed E-state index contributed by atoms with van der Waals surface area (Å²) in [6, 6.07) is 5.09. The zero-order valence-corrected chi connectivity index (χ0v) is 14.4. The Morgan fingerprint density at radius 1 is 1.48 bits per heavy atom. The largest absolute Gasteiger partial charge is 0.486 e. The summed E-state index contributed by atoms with van der Waals surface area (Å²) in [4.78, 5) is 14.0. The van der Waals surface area contributed by atoms with Crippen LogP contribution in [0.15, 0.2) is 18.2 Å². The van der Waals surface area contributed by atoms with Crippen molar-refractivity contribution in [2.75, 3.05) is 13.7 Å². The minimum Gasteiger partial charge on any atom is -0.486 e. The zero-order valence-electron chi connectivity index (χ0n) is 13.5. The second kappa shape index (κ2) is 5.76. The number of hydrogen-bond donors (Lipinski definition) is 1. The number of hydrogen-bond acceptors (Lipinski definition) is 5. The summed E-state index contributed by atoms with van der Waals surface area (Å²) in [7, 11) is 1.53. The summed E-state index contributed by atoms with van der Waals surface area (Å²) in [6.07, 6.45) is 0.522. The maximum Gasteiger partial charge on any atom is 0.223 e. The van der Waals surface area contributed by atoms with E-state index in [1.165, 1.54) is 7.11 Å². The molecule has 5 nitrogen and oxygen atoms in total. The van der Waals surface area contributed by atoms with E-state index in [0.717, 1.165) is 17.5 Å². The normalized spacial score (nSPS) is 25.7. The molecule has 0 aliphatic carbocycles. The predicted molar refractivity (Wildman–Crippen MR) is 89.6 cm³/mol. The van der Waals surface area contributed by atoms with E-state index < -0.39 is 17.7 Å². The summed E-state index contributed by atoms with van der Waals surface area (Å²) in [5.41, 5.74) is 0.751. The fourth-order valence-corrected chi connectivity index (χ4v) is 3.44. The van der Waals surface area contributed by atoms with Crippen LogP contribution in [-0.2, 0) is 9.53 Å². The fraction of sp³-hybridized carbons (Fsp3) is 0.529. The van der Waals surface area contributed by atoms with Crippen LogP contribution in [0, 0.1) is 0 Å². The molecule has 0 aromatic heterocycles. The van der Waals surface area contributed by atoms with Crippen LogP contribution >= 0.6 is 12.2 Å². The van der Waals surface area contributed by atoms with Crippen LogP contribution in [0.1, 0.15) is 43.9 Å². The van der Waals surface area contributed by atoms with Gasteiger partial charge in [0.15, 0.2) is 5.05 Å². The molecule has 0 radical (unpaired) electrons. The molecule has 0 unspecified atom stereocenters. The van der Waals surface area contributed by atoms with Gasteiger partial charge in [0.25, 0.3) is 0 Å². The molecule has 1 saturated heterocycles. The highest BCUT2D eigenvalue weighted by molar-refractivity contribution is 7.80. The SMILES string of the molecule is COC(=S)c1ccc2c(c1)[C@@H](N1CCCC1=O)[C@H](O)C(C)(C)O2. The molecule has 2 aliphatic heterocycles. The van der Waals surface area contributed by atoms with Crippen LogP contribution in [0.4, 0.5) is 0 Å². The van der Waals surface area contributed by atoms with E-state index in [0.29, 0.717) is 23.8 Å². The van der Waals surface area contributed by atoms with Crippen LogP contribution in [-0.4, -0.2) is 46.3 Å². The number of aliphatic hydroxyl groups excluding tert-OH is 1. The standard InChI is InChI=1S/C17H21NO4S/c1-17(2)15(20)14(18-8-4-5-13(18)19)11-9-10(16(23)21-3)6-7-12(11)22-17/h6-7,9,14-15,20H,4-5,8H2,1-3H3/t14-,15+/m1/s1. The van der Waals surface area contributed by atoms with Gasteiger partial charge in [-0.15, -0.1) is 0 Å². The number of methoxy groups -OCH3 is 1. The minimum absolute atomic E-state index is 0.0671. The Kier molecular flexibility index (Phi) is 4.06. The van der Waals surface area contributed by atoms with Crippen molar-refractivity contribution in [2.24, 2.45) is 0 Å². The fourth-order valence-electron chi connectivity index (χ4n) is 3.31. The number of aliphatic hydroxyl groups is 1. The van der Waals surface area contributed by atoms with E-state index in [4.69, 9.17) is 21.7 Å². The van der Waals surface area contributed by atoms with E-state index in [9.17, 15) is 9.90 Å². The van der Waals surface area contributed by atoms with Crippen LogP contribution in [0.3, 0.4) is 0 Å². The minimum atomic E-state index is -0.816. The number of carbonyl (C=O) groups is 1. The molecule has 2 aliphatic rings. The van der Waals surface area contributed by atoms with Crippen molar-refractivity contribution in [1.82, 2.24) is 4.90 Å². The van der Waals surface area contributed by atoms with E-state index in [-0.39, 0.29) is 5.91 Å². The molecule has 6 heteroatoms. The maximum atomic E-state index is 12.2. The lowest BCUT2D eigenvalue weighted by Crippen LogP contribution is -2.53. The molecule has 1 aromatic carbocycles. The van der Waals surface area contributed by atoms with Crippen molar-refractivity contribution in [3.63, 3.8) is 0 Å². The lowest BCUT2D eigenvalue weighted by Gasteiger charge is -2.45. The first-order valence-electron chi connectivity index (χ1n) is 7.74. The molecule has 1 aromatic rings. The number of carbonyl (C=O) groups excluding carboxylic acids is 1. The number of thiocarbonyl (C=S) groups is 1. The van der Waals surface area contributed by atoms with Crippen LogP contribution < -0.4 is 4.74 Å². The quantitative estimate of drug-likeness (QED) is 0.840. The number of rotatable bonds is 2. The first kappa shape index (κ1) is 16.2. The third kappa shape index (κ3) is 2.70. The van der Waals surface area contributed by atoms with Gasteiger partial charge in [-0.25, -0.2) is 0 Å². The highest BCUT2D eigenvalue weighted by Gasteiger charge is 2.47. The summed E-state index contributed by atoms with van der Waals surface area (Å²) in [5.74, 6) is 0.741. The van der Waals surface area contributed by atoms with Crippen molar-refractivity contribution in [2.45, 2.75) is 44.4 Å². The lowest BCUT2D eigenvalue weighted by atomic mass is 9.85. The topological polar surface area (TPSA) is 59.0 Å². The van der Waals surface area contributed by atoms with E-state index >= 15 is 0 Å². The van der Waals surface area contributed by atoms with Crippen LogP contribution in [0.5, 0.6) is 5.75 Å². The van der Waals surface area contributed by atoms with Crippen molar-refractivity contribution >= 4 is 23.2 Å². The van der Waals surface area contributed by atoms with Gasteiger partial charge < -0.3 is 19.5 Å². The molecule has 124 valence electrons. The number of amides is 1. The van der Waals surface area contributed by atoms with Crippen molar-refractivity contribution < 1.29 is 19.4 Å². The number of nitrogens with zero attached hydrogens (tertiary/aromatic N) is 1. The number of fused-ring (bicyclic) bond motifs is 1. The lowest BCUT2D eigenvalue weighted by molar-refractivity contribution is -0.139. The molecule has 2 atom stereocenters. The van der Waals surface area contributed by atoms with Crippen LogP contribution in [0.2, 0.25) is 0 Å². The van der Waals surface area contributed by atoms with Gasteiger partial charge in [-0.3, -0.25) is 4.79 Å². The molecule has 23 heavy (non-hydrogen) atoms. The van der Waals surface area contributed by atoms with E-state index in [2.05, 4.69) is 0 Å². The zero-order chi connectivity index (χ0) is 16.8. The van der Waals surface area contributed by atoms with E-state index in [1.807, 2.05) is 32.0 Å². The third-order valence-corrected chi connectivity index (χ3v) is 4.98. The summed E-state index contributed by atoms with van der Waals surface area (Å²) >= 11 is 5.19. The Bertz CT molecular complexity index is 658. The number of ether oxygens (including phenoxy) is 2. The summed E-state index contributed by atoms with van der Waals surface area (Å²) in [6.45, 7) is 4.32. The van der Waals surface area contributed by atoms with E-state index in [1.54, 1.807) is 4.90 Å². The number of likely N-dealkylation sites (tertiary alicyclic amines) is 1. The molecule has 0 spiro atoms. The first-order chi connectivity index (χ1) is 10.8. The molecule has 3 rings (SSSR count). The van der Waals surface area contributed by atoms with Crippen molar-refractivity contribution in [3.8, 4) is 5.75 Å². The molecule has 1 amide bonds. The monoisotopic (exact) mass is 335 g/mol. The highest BCUT2D eigenvalue weighted by atomic mass is 32.1. The average Bonchev–Trinajstić information content (AvgIpc) is 2.93. The Morgan fingerprint density at radius 3 is 2.83 bits per heavy atom. The average molecular weight is 335 g/mol. The second-order valence-corrected chi connectivity index (χ2v) is 6.90. The van der Waals surface area contributed by atoms with Gasteiger partial charge in [0.1, 0.15) is 17.5 Å². The van der Waals surface area contributed by atoms with Gasteiger partial charge >= 0.3 is 0 Å². The third-order valence-electron chi connectivity index (χ3n) is 4.58. The Labute approximate surface area is 141 Å². The predicted octanol–water partition coefficient (Wildman–Crippen LogP) is 2.20. The summed E-state index contributed by atoms with van der Waals surface area (Å²) < 4.78 is 11.1. The smallest absolute Gasteiger partial charge is 0.223 e. The van der Waals surface area contributed by atoms with Gasteiger partial charge in [0, 0.05) is 24.1 Å². The van der Waals surface area contributed by atoms with Crippen LogP contribution in [0.25, 0.3) is 0 Å². The second-order valence-electron chi connectivity index (χ2n) is 6.53. The van der Waals surface area contributed by atoms with Gasteiger partial charge in [-0.2, -0.15) is 0 Å². The highest BCUT2D eigenvalue weighted by Crippen LogP contribution is 2.44. The Balaban J connectivity index is 2.10. The van der Waals surface area contributed by atoms with Crippen molar-refractivity contribution in [3.05, 3.63) is 29.3 Å². The first-order valence-corrected chi connectivity index (χ1v) is 8.15. The Hall–Kier alpha value is -1.66. The summed E-state index contributed by atoms with van der Waals surface area (Å²) in [5, 5.41) is 11.2. The maximum absolute atomic E-state index is 12.2. The van der Waals surface area contributed by atoms with Gasteiger partial charge in [0.2, 0.25) is 5.91 Å². The molecule has 0 saturated carbocycles. The van der Waals surface area contributed by atoms with Crippen molar-refractivity contribution in [1.29, 1.82) is 0 Å². The van der Waals surface area contributed by atoms with Gasteiger partial charge in [0.05, 0.1) is 13.2 Å². The molecule has 2 heterocycles. The number of benzene rings is 1. The van der Waals surface area contributed by atoms with Gasteiger partial charge in [-0.1, -0.05) is 0 Å². The molecule has 1 fully saturated rings.